The molecule has 0 spiro atoms. The molecule has 2 rings (SSSR count). The molecule has 0 saturated carbocycles. The Kier molecular flexibility index (Phi) is 24.7. The molecule has 5 atom stereocenters. The van der Waals surface area contributed by atoms with Crippen molar-refractivity contribution in [1.29, 1.82) is 0 Å². The number of rotatable bonds is 33. The van der Waals surface area contributed by atoms with Gasteiger partial charge in [0.15, 0.2) is 11.6 Å². The third-order valence-electron chi connectivity index (χ3n) is 10.4. The molecule has 0 aliphatic rings. The number of hydrogen-bond donors (Lipinski definition) is 6. The van der Waals surface area contributed by atoms with Gasteiger partial charge in [-0.3, -0.25) is 33.3 Å². The van der Waals surface area contributed by atoms with Crippen LogP contribution < -0.4 is 10.6 Å². The predicted octanol–water partition coefficient (Wildman–Crippen LogP) is 3.20. The number of imidazole rings is 1. The van der Waals surface area contributed by atoms with Gasteiger partial charge < -0.3 is 44.9 Å². The van der Waals surface area contributed by atoms with Gasteiger partial charge in [0, 0.05) is 50.7 Å². The number of aromatic amines is 1. The number of ether oxygens (including phenoxy) is 2. The molecule has 18 heteroatoms. The van der Waals surface area contributed by atoms with Crippen LogP contribution in [0.15, 0.2) is 42.9 Å². The summed E-state index contributed by atoms with van der Waals surface area (Å²) < 4.78 is 22.1. The number of carbonyl (C=O) groups excluding carboxylic acids is 6. The van der Waals surface area contributed by atoms with Crippen LogP contribution in [-0.2, 0) is 55.6 Å². The fourth-order valence-corrected chi connectivity index (χ4v) is 8.07. The van der Waals surface area contributed by atoms with E-state index in [1.165, 1.54) is 36.8 Å². The normalized spacial score (nSPS) is 14.1. The molecule has 0 radical (unpaired) electrons. The largest absolute Gasteiger partial charge is 0.394 e. The number of carbonyl (C=O) groups is 6. The van der Waals surface area contributed by atoms with E-state index in [9.17, 15) is 48.2 Å². The monoisotopic (exact) mass is 877 g/mol. The second kappa shape index (κ2) is 28.5. The number of aromatic nitrogens is 2. The van der Waals surface area contributed by atoms with E-state index in [2.05, 4.69) is 32.7 Å². The van der Waals surface area contributed by atoms with Crippen LogP contribution in [0.1, 0.15) is 90.3 Å². The van der Waals surface area contributed by atoms with E-state index in [1.54, 1.807) is 7.11 Å². The molecule has 0 saturated heterocycles. The molecule has 61 heavy (non-hydrogen) atoms. The Labute approximate surface area is 359 Å². The van der Waals surface area contributed by atoms with Gasteiger partial charge >= 0.3 is 7.60 Å². The number of aryl methyl sites for hydroxylation is 1. The van der Waals surface area contributed by atoms with Crippen LogP contribution in [0.25, 0.3) is 0 Å². The first-order valence-corrected chi connectivity index (χ1v) is 22.9. The van der Waals surface area contributed by atoms with E-state index in [4.69, 9.17) is 9.47 Å². The zero-order valence-electron chi connectivity index (χ0n) is 36.4. The van der Waals surface area contributed by atoms with Crippen molar-refractivity contribution in [2.24, 2.45) is 23.7 Å². The maximum Gasteiger partial charge on any atom is 0.325 e. The number of amides is 3. The quantitative estimate of drug-likeness (QED) is 0.0446. The summed E-state index contributed by atoms with van der Waals surface area (Å²) in [6, 6.07) is 7.70. The first kappa shape index (κ1) is 53.0. The molecule has 0 aliphatic heterocycles. The van der Waals surface area contributed by atoms with Crippen molar-refractivity contribution in [3.63, 3.8) is 0 Å². The molecule has 1 heterocycles. The number of H-pyrrole nitrogens is 1. The minimum absolute atomic E-state index is 0.0122. The fourth-order valence-electron chi connectivity index (χ4n) is 7.07. The lowest BCUT2D eigenvalue weighted by Gasteiger charge is -2.27. The number of nitrogens with zero attached hydrogens (tertiary/aromatic N) is 2. The van der Waals surface area contributed by atoms with Crippen LogP contribution >= 0.6 is 7.60 Å². The molecule has 6 N–H and O–H groups in total. The Bertz CT molecular complexity index is 1690. The van der Waals surface area contributed by atoms with Crippen molar-refractivity contribution in [1.82, 2.24) is 25.5 Å². The van der Waals surface area contributed by atoms with E-state index in [1.807, 2.05) is 32.0 Å². The molecular formula is C43H68N5O12P. The molecule has 2 aromatic rings. The van der Waals surface area contributed by atoms with Crippen LogP contribution in [0, 0.1) is 23.7 Å². The highest BCUT2D eigenvalue weighted by molar-refractivity contribution is 7.51. The second-order valence-electron chi connectivity index (χ2n) is 16.2. The van der Waals surface area contributed by atoms with Crippen molar-refractivity contribution in [2.45, 2.75) is 104 Å². The standard InChI is InChI=1S/C43H68N5O12P/c1-30(2)21-37(46-41(53)26-48(42(54)16-18-60-20-19-59-5)17-12-7-6-9-13-33-14-10-8-11-15-33)39(51)23-34(22-35-25-44-29-45-35)43(55)47-38(27-49)40(52)24-36(32(4)50)31(3)28-61(56,57)58/h8,10-11,14-15,25,29-31,34,36-38,49H,6-7,9,12-13,16-24,26-28H2,1-5H3,(H,44,45)(H,46,53)(H,47,55)(H2,56,57,58)/t31-,34+,36-,37-,38-/m0/s1. The van der Waals surface area contributed by atoms with Gasteiger partial charge in [-0.25, -0.2) is 4.98 Å². The smallest absolute Gasteiger partial charge is 0.325 e. The lowest BCUT2D eigenvalue weighted by molar-refractivity contribution is -0.138. The average Bonchev–Trinajstić information content (AvgIpc) is 3.71. The van der Waals surface area contributed by atoms with Crippen LogP contribution in [0.4, 0.5) is 0 Å². The molecule has 3 amide bonds. The third-order valence-corrected chi connectivity index (χ3v) is 11.4. The molecule has 342 valence electrons. The molecule has 0 fully saturated rings. The van der Waals surface area contributed by atoms with E-state index in [0.29, 0.717) is 31.9 Å². The summed E-state index contributed by atoms with van der Waals surface area (Å²) in [7, 11) is -2.95. The number of nitrogens with one attached hydrogen (secondary N) is 3. The maximum atomic E-state index is 14.0. The molecule has 17 nitrogen and oxygen atoms in total. The summed E-state index contributed by atoms with van der Waals surface area (Å²) in [6.07, 6.45) is 6.11. The Balaban J connectivity index is 2.18. The first-order valence-electron chi connectivity index (χ1n) is 21.1. The minimum atomic E-state index is -4.50. The SMILES string of the molecule is COCCOCCC(=O)N(CCCCCCc1ccccc1)CC(=O)N[C@@H](CC(C)C)C(=O)C[C@@H](Cc1cnc[nH]1)C(=O)N[C@@H](CO)C(=O)C[C@H](C(C)=O)[C@@H](C)CP(=O)(O)O. The first-order chi connectivity index (χ1) is 28.9. The van der Waals surface area contributed by atoms with E-state index < -0.39 is 85.8 Å². The van der Waals surface area contributed by atoms with Crippen molar-refractivity contribution < 1.29 is 57.7 Å². The molecule has 1 aromatic carbocycles. The predicted molar refractivity (Wildman–Crippen MR) is 228 cm³/mol. The molecule has 0 unspecified atom stereocenters. The average molecular weight is 878 g/mol. The van der Waals surface area contributed by atoms with Gasteiger partial charge in [0.05, 0.1) is 63.8 Å². The van der Waals surface area contributed by atoms with Gasteiger partial charge in [0.1, 0.15) is 11.8 Å². The zero-order chi connectivity index (χ0) is 45.4. The Morgan fingerprint density at radius 1 is 0.902 bits per heavy atom. The summed E-state index contributed by atoms with van der Waals surface area (Å²) in [5.74, 6) is -6.28. The molecule has 1 aromatic heterocycles. The van der Waals surface area contributed by atoms with Crippen LogP contribution in [0.3, 0.4) is 0 Å². The number of aliphatic hydroxyl groups is 1. The van der Waals surface area contributed by atoms with E-state index in [0.717, 1.165) is 25.7 Å². The number of Topliss-reactive ketones (excluding diaryl/α,β-unsaturated/α-hetero) is 3. The summed E-state index contributed by atoms with van der Waals surface area (Å²) >= 11 is 0. The third kappa shape index (κ3) is 22.0. The number of hydrogen-bond acceptors (Lipinski definition) is 11. The van der Waals surface area contributed by atoms with E-state index >= 15 is 0 Å². The number of methoxy groups -OCH3 is 1. The second-order valence-corrected chi connectivity index (χ2v) is 17.9. The Morgan fingerprint density at radius 3 is 2.20 bits per heavy atom. The topological polar surface area (TPSA) is 255 Å². The molecular weight excluding hydrogens is 809 g/mol. The number of ketones is 3. The van der Waals surface area contributed by atoms with Gasteiger partial charge in [-0.15, -0.1) is 0 Å². The number of benzene rings is 1. The molecule has 0 bridgehead atoms. The van der Waals surface area contributed by atoms with Crippen LogP contribution in [0.5, 0.6) is 0 Å². The highest BCUT2D eigenvalue weighted by Gasteiger charge is 2.35. The fraction of sp³-hybridized carbons (Fsp3) is 0.651. The number of unbranched alkanes of at least 4 members (excludes halogenated alkanes) is 3. The Hall–Kier alpha value is -4.12. The maximum absolute atomic E-state index is 14.0. The van der Waals surface area contributed by atoms with Crippen molar-refractivity contribution >= 4 is 42.7 Å². The van der Waals surface area contributed by atoms with Crippen LogP contribution in [-0.4, -0.2) is 130 Å². The summed E-state index contributed by atoms with van der Waals surface area (Å²) in [5, 5.41) is 15.5. The van der Waals surface area contributed by atoms with Gasteiger partial charge in [-0.05, 0) is 50.0 Å². The van der Waals surface area contributed by atoms with Gasteiger partial charge in [-0.1, -0.05) is 63.9 Å². The molecule has 0 aliphatic carbocycles. The Morgan fingerprint density at radius 2 is 1.59 bits per heavy atom. The highest BCUT2D eigenvalue weighted by atomic mass is 31.2. The van der Waals surface area contributed by atoms with Crippen LogP contribution in [0.2, 0.25) is 0 Å². The van der Waals surface area contributed by atoms with Crippen molar-refractivity contribution in [3.8, 4) is 0 Å². The summed E-state index contributed by atoms with van der Waals surface area (Å²) in [6.45, 7) is 6.48. The van der Waals surface area contributed by atoms with Crippen molar-refractivity contribution in [2.75, 3.05) is 52.8 Å². The lowest BCUT2D eigenvalue weighted by Crippen LogP contribution is -2.50. The van der Waals surface area contributed by atoms with Gasteiger partial charge in [-0.2, -0.15) is 0 Å². The highest BCUT2D eigenvalue weighted by Crippen LogP contribution is 2.39. The number of aliphatic hydroxyl groups excluding tert-OH is 1. The zero-order valence-corrected chi connectivity index (χ0v) is 37.3. The van der Waals surface area contributed by atoms with E-state index in [-0.39, 0.29) is 50.7 Å². The minimum Gasteiger partial charge on any atom is -0.394 e. The lowest BCUT2D eigenvalue weighted by atomic mass is 9.85. The van der Waals surface area contributed by atoms with Gasteiger partial charge in [0.2, 0.25) is 17.7 Å². The van der Waals surface area contributed by atoms with Gasteiger partial charge in [0.25, 0.3) is 0 Å². The summed E-state index contributed by atoms with van der Waals surface area (Å²) in [5.41, 5.74) is 1.77. The van der Waals surface area contributed by atoms with Crippen molar-refractivity contribution in [3.05, 3.63) is 54.1 Å². The summed E-state index contributed by atoms with van der Waals surface area (Å²) in [4.78, 5) is 108.